The zero-order valence-corrected chi connectivity index (χ0v) is 29.0. The molecule has 0 N–H and O–H groups in total. The van der Waals surface area contributed by atoms with Gasteiger partial charge in [-0.25, -0.2) is 9.97 Å². The van der Waals surface area contributed by atoms with Gasteiger partial charge in [-0.3, -0.25) is 0 Å². The Bertz CT molecular complexity index is 3470. The molecule has 0 aliphatic heterocycles. The maximum absolute atomic E-state index is 10.8. The molecule has 7 nitrogen and oxygen atoms in total. The van der Waals surface area contributed by atoms with Crippen LogP contribution in [-0.2, 0) is 0 Å². The van der Waals surface area contributed by atoms with E-state index >= 15 is 0 Å². The quantitative estimate of drug-likeness (QED) is 0.181. The molecular formula is C48H25N5O2. The highest BCUT2D eigenvalue weighted by atomic mass is 16.3. The van der Waals surface area contributed by atoms with Gasteiger partial charge in [-0.2, -0.15) is 10.5 Å². The Balaban J connectivity index is 1.16. The van der Waals surface area contributed by atoms with Crippen molar-refractivity contribution in [2.45, 2.75) is 0 Å². The van der Waals surface area contributed by atoms with Gasteiger partial charge >= 0.3 is 0 Å². The molecule has 11 aromatic rings. The van der Waals surface area contributed by atoms with Crippen LogP contribution in [-0.4, -0.2) is 14.5 Å². The molecule has 254 valence electrons. The monoisotopic (exact) mass is 703 g/mol. The summed E-state index contributed by atoms with van der Waals surface area (Å²) in [4.78, 5) is 10.2. The predicted octanol–water partition coefficient (Wildman–Crippen LogP) is 12.1. The maximum atomic E-state index is 10.8. The number of furan rings is 2. The Kier molecular flexibility index (Phi) is 6.54. The highest BCUT2D eigenvalue weighted by molar-refractivity contribution is 6.17. The minimum atomic E-state index is 0.319. The second-order valence-electron chi connectivity index (χ2n) is 13.5. The van der Waals surface area contributed by atoms with E-state index in [1.54, 1.807) is 0 Å². The highest BCUT2D eigenvalue weighted by Gasteiger charge is 2.23. The van der Waals surface area contributed by atoms with Crippen molar-refractivity contribution >= 4 is 65.7 Å². The molecule has 7 aromatic carbocycles. The van der Waals surface area contributed by atoms with E-state index in [4.69, 9.17) is 18.8 Å². The van der Waals surface area contributed by atoms with Gasteiger partial charge in [0, 0.05) is 55.1 Å². The summed E-state index contributed by atoms with van der Waals surface area (Å²) in [5, 5.41) is 27.6. The third kappa shape index (κ3) is 4.54. The Labute approximate surface area is 313 Å². The molecule has 0 amide bonds. The Hall–Kier alpha value is -8.00. The first-order valence-corrected chi connectivity index (χ1v) is 17.9. The fourth-order valence-corrected chi connectivity index (χ4v) is 8.08. The van der Waals surface area contributed by atoms with Crippen LogP contribution >= 0.6 is 0 Å². The van der Waals surface area contributed by atoms with Crippen LogP contribution in [0.25, 0.3) is 105 Å². The van der Waals surface area contributed by atoms with Gasteiger partial charge < -0.3 is 13.4 Å². The summed E-state index contributed by atoms with van der Waals surface area (Å²) in [5.74, 6) is 0.449. The SMILES string of the molecule is N#Cc1cc(-c2nc(-c3cccc4oc5ccccc5c34)nc(-c3ccccc3)c2C#N)ccc1-n1c2ccccc2c2cc3c(cc21)oc1ccccc13. The molecule has 7 heteroatoms. The molecule has 0 aliphatic carbocycles. The summed E-state index contributed by atoms with van der Waals surface area (Å²) in [6.07, 6.45) is 0. The Morgan fingerprint density at radius 3 is 1.95 bits per heavy atom. The molecule has 0 fully saturated rings. The third-order valence-electron chi connectivity index (χ3n) is 10.5. The number of aromatic nitrogens is 3. The van der Waals surface area contributed by atoms with Gasteiger partial charge in [0.05, 0.1) is 33.7 Å². The van der Waals surface area contributed by atoms with E-state index < -0.39 is 0 Å². The number of rotatable bonds is 4. The highest BCUT2D eigenvalue weighted by Crippen LogP contribution is 2.41. The zero-order valence-electron chi connectivity index (χ0n) is 29.0. The van der Waals surface area contributed by atoms with Crippen LogP contribution in [0.2, 0.25) is 0 Å². The van der Waals surface area contributed by atoms with Gasteiger partial charge in [-0.1, -0.05) is 103 Å². The molecule has 0 saturated carbocycles. The fourth-order valence-electron chi connectivity index (χ4n) is 8.08. The number of nitrogens with zero attached hydrogens (tertiary/aromatic N) is 5. The fraction of sp³-hybridized carbons (Fsp3) is 0. The summed E-state index contributed by atoms with van der Waals surface area (Å²) in [5.41, 5.74) is 9.56. The molecule has 4 aromatic heterocycles. The van der Waals surface area contributed by atoms with Crippen molar-refractivity contribution in [3.8, 4) is 51.7 Å². The number of nitriles is 2. The molecule has 0 atom stereocenters. The van der Waals surface area contributed by atoms with E-state index in [1.165, 1.54) is 0 Å². The Morgan fingerprint density at radius 1 is 0.473 bits per heavy atom. The van der Waals surface area contributed by atoms with E-state index in [0.29, 0.717) is 39.6 Å². The average molecular weight is 704 g/mol. The van der Waals surface area contributed by atoms with Crippen molar-refractivity contribution in [2.75, 3.05) is 0 Å². The lowest BCUT2D eigenvalue weighted by Crippen LogP contribution is -2.03. The molecule has 0 saturated heterocycles. The van der Waals surface area contributed by atoms with Gasteiger partial charge in [0.2, 0.25) is 0 Å². The minimum Gasteiger partial charge on any atom is -0.456 e. The Morgan fingerprint density at radius 2 is 1.15 bits per heavy atom. The molecular weight excluding hydrogens is 679 g/mol. The summed E-state index contributed by atoms with van der Waals surface area (Å²) >= 11 is 0. The van der Waals surface area contributed by atoms with E-state index in [9.17, 15) is 10.5 Å². The molecule has 0 aliphatic rings. The van der Waals surface area contributed by atoms with Crippen LogP contribution in [0.4, 0.5) is 0 Å². The molecule has 55 heavy (non-hydrogen) atoms. The predicted molar refractivity (Wildman–Crippen MR) is 217 cm³/mol. The molecule has 0 radical (unpaired) electrons. The van der Waals surface area contributed by atoms with Gasteiger partial charge in [0.1, 0.15) is 40.0 Å². The molecule has 4 heterocycles. The lowest BCUT2D eigenvalue weighted by atomic mass is 9.98. The first kappa shape index (κ1) is 30.6. The minimum absolute atomic E-state index is 0.319. The van der Waals surface area contributed by atoms with Crippen molar-refractivity contribution in [1.29, 1.82) is 10.5 Å². The van der Waals surface area contributed by atoms with E-state index in [1.807, 2.05) is 121 Å². The topological polar surface area (TPSA) is 105 Å². The van der Waals surface area contributed by atoms with Crippen molar-refractivity contribution in [3.63, 3.8) is 0 Å². The lowest BCUT2D eigenvalue weighted by molar-refractivity contribution is 0.668. The van der Waals surface area contributed by atoms with Crippen molar-refractivity contribution in [3.05, 3.63) is 163 Å². The number of benzene rings is 7. The van der Waals surface area contributed by atoms with Gasteiger partial charge in [-0.05, 0) is 42.5 Å². The van der Waals surface area contributed by atoms with Crippen LogP contribution in [0.15, 0.2) is 160 Å². The summed E-state index contributed by atoms with van der Waals surface area (Å²) in [7, 11) is 0. The van der Waals surface area contributed by atoms with E-state index in [-0.39, 0.29) is 0 Å². The smallest absolute Gasteiger partial charge is 0.161 e. The van der Waals surface area contributed by atoms with Crippen molar-refractivity contribution in [1.82, 2.24) is 14.5 Å². The largest absolute Gasteiger partial charge is 0.456 e. The van der Waals surface area contributed by atoms with Crippen LogP contribution < -0.4 is 0 Å². The van der Waals surface area contributed by atoms with Crippen LogP contribution in [0, 0.1) is 22.7 Å². The van der Waals surface area contributed by atoms with Gasteiger partial charge in [0.25, 0.3) is 0 Å². The first-order chi connectivity index (χ1) is 27.2. The number of para-hydroxylation sites is 3. The molecule has 0 bridgehead atoms. The van der Waals surface area contributed by atoms with Crippen molar-refractivity contribution < 1.29 is 8.83 Å². The lowest BCUT2D eigenvalue weighted by Gasteiger charge is -2.15. The normalized spacial score (nSPS) is 11.6. The molecule has 0 unspecified atom stereocenters. The first-order valence-electron chi connectivity index (χ1n) is 17.9. The maximum Gasteiger partial charge on any atom is 0.161 e. The molecule has 11 rings (SSSR count). The summed E-state index contributed by atoms with van der Waals surface area (Å²) in [6.45, 7) is 0. The summed E-state index contributed by atoms with van der Waals surface area (Å²) in [6, 6.07) is 54.5. The van der Waals surface area contributed by atoms with Gasteiger partial charge in [-0.15, -0.1) is 0 Å². The second kappa shape index (κ2) is 11.8. The number of hydrogen-bond acceptors (Lipinski definition) is 6. The van der Waals surface area contributed by atoms with Crippen LogP contribution in [0.5, 0.6) is 0 Å². The average Bonchev–Trinajstić information content (AvgIpc) is 3.91. The second-order valence-corrected chi connectivity index (χ2v) is 13.5. The molecule has 0 spiro atoms. The number of hydrogen-bond donors (Lipinski definition) is 0. The van der Waals surface area contributed by atoms with Gasteiger partial charge in [0.15, 0.2) is 5.82 Å². The van der Waals surface area contributed by atoms with E-state index in [0.717, 1.165) is 76.8 Å². The van der Waals surface area contributed by atoms with Crippen LogP contribution in [0.3, 0.4) is 0 Å². The standard InChI is InChI=1S/C48H25N5O2/c49-26-30-23-29(21-22-38(30)53-39-17-7-4-13-31(39)35-24-36-32-14-5-8-18-41(32)55-44(36)25-40(35)53)47-37(27-50)46(28-11-2-1-3-12-28)51-48(52-47)34-16-10-20-43-45(34)33-15-6-9-19-42(33)54-43/h1-25H. The zero-order chi connectivity index (χ0) is 36.6. The third-order valence-corrected chi connectivity index (χ3v) is 10.5. The van der Waals surface area contributed by atoms with E-state index in [2.05, 4.69) is 47.0 Å². The van der Waals surface area contributed by atoms with Crippen LogP contribution in [0.1, 0.15) is 11.1 Å². The van der Waals surface area contributed by atoms with Crippen molar-refractivity contribution in [2.24, 2.45) is 0 Å². The number of fused-ring (bicyclic) bond motifs is 9. The summed E-state index contributed by atoms with van der Waals surface area (Å²) < 4.78 is 14.7.